The van der Waals surface area contributed by atoms with Gasteiger partial charge in [-0.15, -0.1) is 17.9 Å². The Morgan fingerprint density at radius 3 is 2.92 bits per heavy atom. The van der Waals surface area contributed by atoms with E-state index in [-0.39, 0.29) is 5.56 Å². The molecule has 0 unspecified atom stereocenters. The van der Waals surface area contributed by atoms with Gasteiger partial charge in [-0.05, 0) is 49.8 Å². The number of para-hydroxylation sites is 1. The molecule has 0 saturated heterocycles. The van der Waals surface area contributed by atoms with Crippen molar-refractivity contribution in [2.45, 2.75) is 37.8 Å². The van der Waals surface area contributed by atoms with Gasteiger partial charge in [-0.25, -0.2) is 4.98 Å². The van der Waals surface area contributed by atoms with E-state index in [9.17, 15) is 4.79 Å². The smallest absolute Gasteiger partial charge is 0.267 e. The molecule has 0 fully saturated rings. The molecule has 0 N–H and O–H groups in total. The van der Waals surface area contributed by atoms with E-state index in [4.69, 9.17) is 4.98 Å². The second-order valence-electron chi connectivity index (χ2n) is 6.31. The van der Waals surface area contributed by atoms with Crippen molar-refractivity contribution in [1.82, 2.24) is 9.55 Å². The van der Waals surface area contributed by atoms with Crippen molar-refractivity contribution in [3.8, 4) is 5.69 Å². The van der Waals surface area contributed by atoms with E-state index in [0.717, 1.165) is 51.6 Å². The summed E-state index contributed by atoms with van der Waals surface area (Å²) in [6.07, 6.45) is 6.30. The highest BCUT2D eigenvalue weighted by Gasteiger charge is 2.23. The van der Waals surface area contributed by atoms with E-state index in [1.54, 1.807) is 27.7 Å². The number of thioether (sulfide) groups is 1. The molecule has 1 aromatic carbocycles. The SMILES string of the molecule is C=CCSc1nc2sc3c(c2c(=O)n1-c1ccccc1C)CCCC3. The van der Waals surface area contributed by atoms with E-state index >= 15 is 0 Å². The number of hydrogen-bond donors (Lipinski definition) is 0. The predicted octanol–water partition coefficient (Wildman–Crippen LogP) is 4.91. The summed E-state index contributed by atoms with van der Waals surface area (Å²) >= 11 is 3.27. The molecule has 0 aliphatic heterocycles. The van der Waals surface area contributed by atoms with E-state index < -0.39 is 0 Å². The van der Waals surface area contributed by atoms with Crippen molar-refractivity contribution in [1.29, 1.82) is 0 Å². The monoisotopic (exact) mass is 368 g/mol. The molecule has 0 saturated carbocycles. The molecule has 0 amide bonds. The highest BCUT2D eigenvalue weighted by molar-refractivity contribution is 7.99. The van der Waals surface area contributed by atoms with E-state index in [2.05, 4.69) is 6.58 Å². The molecule has 2 heterocycles. The second kappa shape index (κ2) is 6.81. The number of hydrogen-bond acceptors (Lipinski definition) is 4. The summed E-state index contributed by atoms with van der Waals surface area (Å²) in [5, 5.41) is 1.59. The van der Waals surface area contributed by atoms with Crippen molar-refractivity contribution in [3.05, 3.63) is 63.3 Å². The first-order valence-electron chi connectivity index (χ1n) is 8.57. The zero-order valence-electron chi connectivity index (χ0n) is 14.2. The summed E-state index contributed by atoms with van der Waals surface area (Å²) < 4.78 is 1.80. The highest BCUT2D eigenvalue weighted by Crippen LogP contribution is 2.35. The minimum Gasteiger partial charge on any atom is -0.268 e. The molecule has 0 spiro atoms. The number of thiophene rings is 1. The predicted molar refractivity (Wildman–Crippen MR) is 108 cm³/mol. The average Bonchev–Trinajstić information content (AvgIpc) is 2.99. The molecule has 1 aliphatic carbocycles. The van der Waals surface area contributed by atoms with Gasteiger partial charge in [0.1, 0.15) is 4.83 Å². The second-order valence-corrected chi connectivity index (χ2v) is 8.38. The van der Waals surface area contributed by atoms with Crippen molar-refractivity contribution in [3.63, 3.8) is 0 Å². The first-order valence-corrected chi connectivity index (χ1v) is 10.4. The quantitative estimate of drug-likeness (QED) is 0.373. The molecule has 5 heteroatoms. The van der Waals surface area contributed by atoms with Gasteiger partial charge in [-0.2, -0.15) is 0 Å². The highest BCUT2D eigenvalue weighted by atomic mass is 32.2. The molecular formula is C20H20N2OS2. The van der Waals surface area contributed by atoms with Crippen LogP contribution >= 0.6 is 23.1 Å². The summed E-state index contributed by atoms with van der Waals surface area (Å²) in [4.78, 5) is 20.6. The summed E-state index contributed by atoms with van der Waals surface area (Å²) in [5.41, 5.74) is 3.32. The van der Waals surface area contributed by atoms with Crippen LogP contribution in [0.4, 0.5) is 0 Å². The van der Waals surface area contributed by atoms with Crippen molar-refractivity contribution in [2.24, 2.45) is 0 Å². The Morgan fingerprint density at radius 2 is 2.12 bits per heavy atom. The fraction of sp³-hybridized carbons (Fsp3) is 0.300. The lowest BCUT2D eigenvalue weighted by Gasteiger charge is -2.14. The van der Waals surface area contributed by atoms with Gasteiger partial charge in [-0.1, -0.05) is 36.0 Å². The zero-order chi connectivity index (χ0) is 17.4. The van der Waals surface area contributed by atoms with Crippen molar-refractivity contribution < 1.29 is 0 Å². The molecule has 25 heavy (non-hydrogen) atoms. The van der Waals surface area contributed by atoms with Crippen LogP contribution in [0.5, 0.6) is 0 Å². The van der Waals surface area contributed by atoms with Crippen LogP contribution in [0.2, 0.25) is 0 Å². The first kappa shape index (κ1) is 16.6. The van der Waals surface area contributed by atoms with Crippen LogP contribution in [-0.2, 0) is 12.8 Å². The third kappa shape index (κ3) is 2.85. The van der Waals surface area contributed by atoms with Crippen LogP contribution in [0.15, 0.2) is 46.9 Å². The average molecular weight is 369 g/mol. The third-order valence-corrected chi connectivity index (χ3v) is 6.76. The lowest BCUT2D eigenvalue weighted by Crippen LogP contribution is -2.23. The van der Waals surface area contributed by atoms with Gasteiger partial charge in [0.15, 0.2) is 5.16 Å². The molecule has 3 aromatic rings. The van der Waals surface area contributed by atoms with Crippen LogP contribution in [0.1, 0.15) is 28.8 Å². The summed E-state index contributed by atoms with van der Waals surface area (Å²) in [5.74, 6) is 0.731. The maximum Gasteiger partial charge on any atom is 0.267 e. The Hall–Kier alpha value is -1.85. The molecule has 128 valence electrons. The van der Waals surface area contributed by atoms with Crippen molar-refractivity contribution in [2.75, 3.05) is 5.75 Å². The normalized spacial score (nSPS) is 13.8. The molecule has 0 radical (unpaired) electrons. The molecule has 4 rings (SSSR count). The Kier molecular flexibility index (Phi) is 4.52. The number of aryl methyl sites for hydroxylation is 3. The maximum atomic E-state index is 13.5. The fourth-order valence-corrected chi connectivity index (χ4v) is 5.49. The number of benzene rings is 1. The molecule has 3 nitrogen and oxygen atoms in total. The Bertz CT molecular complexity index is 1020. The number of fused-ring (bicyclic) bond motifs is 3. The van der Waals surface area contributed by atoms with E-state index in [0.29, 0.717) is 0 Å². The molecule has 0 atom stereocenters. The van der Waals surface area contributed by atoms with Gasteiger partial charge in [0, 0.05) is 10.6 Å². The van der Waals surface area contributed by atoms with Crippen molar-refractivity contribution >= 4 is 33.3 Å². The van der Waals surface area contributed by atoms with Gasteiger partial charge in [0.05, 0.1) is 11.1 Å². The molecule has 0 bridgehead atoms. The van der Waals surface area contributed by atoms with Crippen LogP contribution in [0, 0.1) is 6.92 Å². The minimum absolute atomic E-state index is 0.0743. The van der Waals surface area contributed by atoms with Gasteiger partial charge in [0.25, 0.3) is 5.56 Å². The first-order chi connectivity index (χ1) is 12.2. The van der Waals surface area contributed by atoms with Gasteiger partial charge in [-0.3, -0.25) is 9.36 Å². The molecule has 1 aliphatic rings. The molecular weight excluding hydrogens is 348 g/mol. The third-order valence-electron chi connectivity index (χ3n) is 4.64. The summed E-state index contributed by atoms with van der Waals surface area (Å²) in [6, 6.07) is 8.01. The Balaban J connectivity index is 2.04. The van der Waals surface area contributed by atoms with E-state index in [1.807, 2.05) is 37.3 Å². The minimum atomic E-state index is 0.0743. The van der Waals surface area contributed by atoms with Crippen LogP contribution in [-0.4, -0.2) is 15.3 Å². The largest absolute Gasteiger partial charge is 0.268 e. The standard InChI is InChI=1S/C20H20N2OS2/c1-3-12-24-20-21-18-17(14-9-5-7-11-16(14)25-18)19(23)22(20)15-10-6-4-8-13(15)2/h3-4,6,8,10H,1,5,7,9,11-12H2,2H3. The van der Waals surface area contributed by atoms with Crippen LogP contribution in [0.3, 0.4) is 0 Å². The zero-order valence-corrected chi connectivity index (χ0v) is 15.9. The van der Waals surface area contributed by atoms with Gasteiger partial charge in [0.2, 0.25) is 0 Å². The topological polar surface area (TPSA) is 34.9 Å². The number of rotatable bonds is 4. The fourth-order valence-electron chi connectivity index (χ4n) is 3.44. The lowest BCUT2D eigenvalue weighted by molar-refractivity contribution is 0.699. The van der Waals surface area contributed by atoms with E-state index in [1.165, 1.54) is 16.9 Å². The van der Waals surface area contributed by atoms with Gasteiger partial charge >= 0.3 is 0 Å². The van der Waals surface area contributed by atoms with Gasteiger partial charge < -0.3 is 0 Å². The van der Waals surface area contributed by atoms with Crippen LogP contribution in [0.25, 0.3) is 15.9 Å². The maximum absolute atomic E-state index is 13.5. The summed E-state index contributed by atoms with van der Waals surface area (Å²) in [6.45, 7) is 5.84. The summed E-state index contributed by atoms with van der Waals surface area (Å²) in [7, 11) is 0. The number of aromatic nitrogens is 2. The van der Waals surface area contributed by atoms with Crippen LogP contribution < -0.4 is 5.56 Å². The molecule has 2 aromatic heterocycles. The number of nitrogens with zero attached hydrogens (tertiary/aromatic N) is 2. The Morgan fingerprint density at radius 1 is 1.32 bits per heavy atom. The lowest BCUT2D eigenvalue weighted by atomic mass is 9.97. The Labute approximate surface area is 155 Å².